The van der Waals surface area contributed by atoms with Gasteiger partial charge in [0, 0.05) is 11.3 Å². The standard InChI is InChI=1S/C16H15N3O2/c1-20-14-7-5-12(6-8-14)16-18-15(21-19-16)10-11-3-2-4-13(17)9-11/h2-9H,10,17H2,1H3. The van der Waals surface area contributed by atoms with Gasteiger partial charge in [-0.2, -0.15) is 4.98 Å². The van der Waals surface area contributed by atoms with E-state index in [0.717, 1.165) is 22.6 Å². The number of anilines is 1. The third-order valence-corrected chi connectivity index (χ3v) is 3.12. The van der Waals surface area contributed by atoms with Crippen molar-refractivity contribution in [1.82, 2.24) is 10.1 Å². The molecule has 3 rings (SSSR count). The van der Waals surface area contributed by atoms with Crippen molar-refractivity contribution < 1.29 is 9.26 Å². The maximum absolute atomic E-state index is 5.76. The fourth-order valence-corrected chi connectivity index (χ4v) is 2.06. The van der Waals surface area contributed by atoms with E-state index >= 15 is 0 Å². The molecule has 5 nitrogen and oxygen atoms in total. The molecular weight excluding hydrogens is 266 g/mol. The zero-order valence-electron chi connectivity index (χ0n) is 11.6. The van der Waals surface area contributed by atoms with Crippen LogP contribution in [0.5, 0.6) is 5.75 Å². The SMILES string of the molecule is COc1ccc(-c2noc(Cc3cccc(N)c3)n2)cc1. The Labute approximate surface area is 122 Å². The molecule has 1 heterocycles. The van der Waals surface area contributed by atoms with Crippen LogP contribution in [0.25, 0.3) is 11.4 Å². The monoisotopic (exact) mass is 281 g/mol. The molecule has 5 heteroatoms. The Morgan fingerprint density at radius 2 is 1.95 bits per heavy atom. The Hall–Kier alpha value is -2.82. The van der Waals surface area contributed by atoms with E-state index in [2.05, 4.69) is 10.1 Å². The maximum Gasteiger partial charge on any atom is 0.231 e. The Morgan fingerprint density at radius 1 is 1.14 bits per heavy atom. The highest BCUT2D eigenvalue weighted by molar-refractivity contribution is 5.55. The summed E-state index contributed by atoms with van der Waals surface area (Å²) in [4.78, 5) is 4.40. The number of methoxy groups -OCH3 is 1. The largest absolute Gasteiger partial charge is 0.497 e. The molecule has 2 N–H and O–H groups in total. The number of hydrogen-bond donors (Lipinski definition) is 1. The summed E-state index contributed by atoms with van der Waals surface area (Å²) in [6, 6.07) is 15.2. The molecule has 0 amide bonds. The first-order valence-electron chi connectivity index (χ1n) is 6.56. The summed E-state index contributed by atoms with van der Waals surface area (Å²) in [5.41, 5.74) is 8.41. The van der Waals surface area contributed by atoms with E-state index in [1.165, 1.54) is 0 Å². The molecule has 0 saturated carbocycles. The zero-order chi connectivity index (χ0) is 14.7. The lowest BCUT2D eigenvalue weighted by molar-refractivity contribution is 0.385. The summed E-state index contributed by atoms with van der Waals surface area (Å²) in [6.07, 6.45) is 0.564. The van der Waals surface area contributed by atoms with Gasteiger partial charge in [-0.3, -0.25) is 0 Å². The van der Waals surface area contributed by atoms with Crippen LogP contribution in [0.4, 0.5) is 5.69 Å². The van der Waals surface area contributed by atoms with Crippen molar-refractivity contribution in [3.8, 4) is 17.1 Å². The van der Waals surface area contributed by atoms with Crippen molar-refractivity contribution in [3.05, 3.63) is 60.0 Å². The second-order valence-corrected chi connectivity index (χ2v) is 4.66. The van der Waals surface area contributed by atoms with E-state index in [-0.39, 0.29) is 0 Å². The van der Waals surface area contributed by atoms with Gasteiger partial charge in [-0.25, -0.2) is 0 Å². The molecule has 0 bridgehead atoms. The van der Waals surface area contributed by atoms with Crippen LogP contribution in [0.15, 0.2) is 53.1 Å². The first kappa shape index (κ1) is 13.2. The quantitative estimate of drug-likeness (QED) is 0.744. The molecule has 0 atom stereocenters. The second kappa shape index (κ2) is 5.66. The molecule has 0 spiro atoms. The van der Waals surface area contributed by atoms with Gasteiger partial charge >= 0.3 is 0 Å². The van der Waals surface area contributed by atoms with Gasteiger partial charge in [0.25, 0.3) is 0 Å². The van der Waals surface area contributed by atoms with Crippen LogP contribution in [0.2, 0.25) is 0 Å². The molecule has 1 aromatic heterocycles. The third kappa shape index (κ3) is 3.02. The van der Waals surface area contributed by atoms with Crippen molar-refractivity contribution in [2.45, 2.75) is 6.42 Å². The molecule has 106 valence electrons. The minimum atomic E-state index is 0.561. The molecule has 0 unspecified atom stereocenters. The van der Waals surface area contributed by atoms with Crippen molar-refractivity contribution in [2.75, 3.05) is 12.8 Å². The molecule has 3 aromatic rings. The van der Waals surface area contributed by atoms with Gasteiger partial charge < -0.3 is 15.0 Å². The third-order valence-electron chi connectivity index (χ3n) is 3.12. The van der Waals surface area contributed by atoms with Crippen LogP contribution in [-0.4, -0.2) is 17.3 Å². The zero-order valence-corrected chi connectivity index (χ0v) is 11.6. The molecule has 0 aliphatic carbocycles. The van der Waals surface area contributed by atoms with Crippen molar-refractivity contribution in [1.29, 1.82) is 0 Å². The Balaban J connectivity index is 1.79. The van der Waals surface area contributed by atoms with Gasteiger partial charge in [-0.15, -0.1) is 0 Å². The normalized spacial score (nSPS) is 10.5. The second-order valence-electron chi connectivity index (χ2n) is 4.66. The van der Waals surface area contributed by atoms with Gasteiger partial charge in [-0.1, -0.05) is 17.3 Å². The average molecular weight is 281 g/mol. The first-order chi connectivity index (χ1) is 10.2. The van der Waals surface area contributed by atoms with Crippen LogP contribution >= 0.6 is 0 Å². The number of aromatic nitrogens is 2. The molecular formula is C16H15N3O2. The highest BCUT2D eigenvalue weighted by Crippen LogP contribution is 2.20. The van der Waals surface area contributed by atoms with E-state index in [4.69, 9.17) is 15.0 Å². The molecule has 0 fully saturated rings. The van der Waals surface area contributed by atoms with Crippen molar-refractivity contribution in [3.63, 3.8) is 0 Å². The Bertz CT molecular complexity index is 735. The minimum absolute atomic E-state index is 0.561. The fourth-order valence-electron chi connectivity index (χ4n) is 2.06. The van der Waals surface area contributed by atoms with Crippen molar-refractivity contribution in [2.24, 2.45) is 0 Å². The Kier molecular flexibility index (Phi) is 3.55. The van der Waals surface area contributed by atoms with Gasteiger partial charge in [0.05, 0.1) is 13.5 Å². The predicted molar refractivity (Wildman–Crippen MR) is 79.9 cm³/mol. The van der Waals surface area contributed by atoms with Crippen LogP contribution in [0, 0.1) is 0 Å². The van der Waals surface area contributed by atoms with Crippen LogP contribution in [0.3, 0.4) is 0 Å². The molecule has 2 aromatic carbocycles. The minimum Gasteiger partial charge on any atom is -0.497 e. The first-order valence-corrected chi connectivity index (χ1v) is 6.56. The number of ether oxygens (including phenoxy) is 1. The van der Waals surface area contributed by atoms with Crippen LogP contribution < -0.4 is 10.5 Å². The highest BCUT2D eigenvalue weighted by atomic mass is 16.5. The summed E-state index contributed by atoms with van der Waals surface area (Å²) in [7, 11) is 1.63. The van der Waals surface area contributed by atoms with E-state index in [0.29, 0.717) is 18.1 Å². The molecule has 0 aliphatic heterocycles. The lowest BCUT2D eigenvalue weighted by Crippen LogP contribution is -1.91. The molecule has 0 aliphatic rings. The summed E-state index contributed by atoms with van der Waals surface area (Å²) in [6.45, 7) is 0. The van der Waals surface area contributed by atoms with E-state index in [1.54, 1.807) is 7.11 Å². The lowest BCUT2D eigenvalue weighted by Gasteiger charge is -1.99. The fraction of sp³-hybridized carbons (Fsp3) is 0.125. The van der Waals surface area contributed by atoms with Gasteiger partial charge in [0.15, 0.2) is 0 Å². The summed E-state index contributed by atoms with van der Waals surface area (Å²) < 4.78 is 10.4. The lowest BCUT2D eigenvalue weighted by atomic mass is 10.1. The van der Waals surface area contributed by atoms with Gasteiger partial charge in [0.2, 0.25) is 11.7 Å². The number of hydrogen-bond acceptors (Lipinski definition) is 5. The molecule has 21 heavy (non-hydrogen) atoms. The average Bonchev–Trinajstić information content (AvgIpc) is 2.96. The summed E-state index contributed by atoms with van der Waals surface area (Å²) >= 11 is 0. The van der Waals surface area contributed by atoms with Crippen LogP contribution in [-0.2, 0) is 6.42 Å². The van der Waals surface area contributed by atoms with Gasteiger partial charge in [-0.05, 0) is 42.0 Å². The van der Waals surface area contributed by atoms with E-state index in [9.17, 15) is 0 Å². The number of nitrogen functional groups attached to an aromatic ring is 1. The van der Waals surface area contributed by atoms with E-state index in [1.807, 2.05) is 48.5 Å². The topological polar surface area (TPSA) is 74.2 Å². The predicted octanol–water partition coefficient (Wildman–Crippen LogP) is 2.92. The van der Waals surface area contributed by atoms with Crippen molar-refractivity contribution >= 4 is 5.69 Å². The molecule has 0 radical (unpaired) electrons. The molecule has 0 saturated heterocycles. The number of nitrogens with zero attached hydrogens (tertiary/aromatic N) is 2. The van der Waals surface area contributed by atoms with E-state index < -0.39 is 0 Å². The summed E-state index contributed by atoms with van der Waals surface area (Å²) in [5.74, 6) is 1.92. The smallest absolute Gasteiger partial charge is 0.231 e. The Morgan fingerprint density at radius 3 is 2.67 bits per heavy atom. The van der Waals surface area contributed by atoms with Gasteiger partial charge in [0.1, 0.15) is 5.75 Å². The maximum atomic E-state index is 5.76. The highest BCUT2D eigenvalue weighted by Gasteiger charge is 2.09. The number of nitrogens with two attached hydrogens (primary N) is 1. The number of rotatable bonds is 4. The van der Waals surface area contributed by atoms with Crippen LogP contribution in [0.1, 0.15) is 11.5 Å². The number of benzene rings is 2. The summed E-state index contributed by atoms with van der Waals surface area (Å²) in [5, 5.41) is 4.00.